The van der Waals surface area contributed by atoms with E-state index in [0.717, 1.165) is 44.2 Å². The van der Waals surface area contributed by atoms with E-state index in [4.69, 9.17) is 5.10 Å². The van der Waals surface area contributed by atoms with Crippen LogP contribution in [0.2, 0.25) is 0 Å². The molecule has 0 spiro atoms. The Morgan fingerprint density at radius 3 is 2.43 bits per heavy atom. The van der Waals surface area contributed by atoms with E-state index in [1.54, 1.807) is 0 Å². The summed E-state index contributed by atoms with van der Waals surface area (Å²) in [5.74, 6) is 0.878. The molecule has 1 fully saturated rings. The van der Waals surface area contributed by atoms with Gasteiger partial charge in [-0.25, -0.2) is 9.67 Å². The van der Waals surface area contributed by atoms with E-state index in [-0.39, 0.29) is 0 Å². The molecule has 0 N–H and O–H groups in total. The van der Waals surface area contributed by atoms with Crippen molar-refractivity contribution in [2.75, 3.05) is 31.1 Å². The lowest BCUT2D eigenvalue weighted by molar-refractivity contribution is 0.249. The standard InChI is InChI=1S/C23H29N5/c1-17-8-9-18(2)21(15-17)16-26-11-13-27(14-12-26)23-19(3)25-28(20(23)4)22-7-5-6-10-24-22/h5-10,15H,11-14,16H2,1-4H3. The fourth-order valence-corrected chi connectivity index (χ4v) is 4.14. The number of rotatable bonds is 4. The van der Waals surface area contributed by atoms with Crippen molar-refractivity contribution < 1.29 is 0 Å². The summed E-state index contributed by atoms with van der Waals surface area (Å²) in [7, 11) is 0. The molecule has 4 rings (SSSR count). The van der Waals surface area contributed by atoms with Crippen LogP contribution in [0.4, 0.5) is 5.69 Å². The monoisotopic (exact) mass is 375 g/mol. The number of aryl methyl sites for hydroxylation is 3. The van der Waals surface area contributed by atoms with E-state index in [0.29, 0.717) is 0 Å². The van der Waals surface area contributed by atoms with Crippen molar-refractivity contribution in [1.29, 1.82) is 0 Å². The quantitative estimate of drug-likeness (QED) is 0.695. The van der Waals surface area contributed by atoms with Crippen LogP contribution in [-0.2, 0) is 6.54 Å². The molecule has 3 heterocycles. The van der Waals surface area contributed by atoms with E-state index in [9.17, 15) is 0 Å². The first-order valence-electron chi connectivity index (χ1n) is 10.0. The minimum Gasteiger partial charge on any atom is -0.366 e. The number of benzene rings is 1. The van der Waals surface area contributed by atoms with Crippen molar-refractivity contribution in [3.05, 3.63) is 70.7 Å². The first kappa shape index (κ1) is 18.7. The summed E-state index contributed by atoms with van der Waals surface area (Å²) in [5, 5.41) is 4.76. The molecule has 0 atom stereocenters. The molecule has 0 radical (unpaired) electrons. The van der Waals surface area contributed by atoms with E-state index in [1.165, 1.54) is 28.1 Å². The molecule has 2 aromatic heterocycles. The van der Waals surface area contributed by atoms with Crippen LogP contribution < -0.4 is 4.90 Å². The molecular weight excluding hydrogens is 346 g/mol. The molecule has 0 saturated carbocycles. The SMILES string of the molecule is Cc1ccc(C)c(CN2CCN(c3c(C)nn(-c4ccccn4)c3C)CC2)c1. The van der Waals surface area contributed by atoms with E-state index in [2.05, 4.69) is 60.7 Å². The minimum atomic E-state index is 0.878. The van der Waals surface area contributed by atoms with Gasteiger partial charge in [-0.1, -0.05) is 29.8 Å². The van der Waals surface area contributed by atoms with Crippen LogP contribution in [0.25, 0.3) is 5.82 Å². The number of hydrogen-bond donors (Lipinski definition) is 0. The van der Waals surface area contributed by atoms with Gasteiger partial charge in [0.15, 0.2) is 5.82 Å². The maximum atomic E-state index is 4.76. The van der Waals surface area contributed by atoms with Crippen molar-refractivity contribution in [2.24, 2.45) is 0 Å². The summed E-state index contributed by atoms with van der Waals surface area (Å²) in [6, 6.07) is 12.7. The zero-order valence-corrected chi connectivity index (χ0v) is 17.3. The third kappa shape index (κ3) is 3.67. The average molecular weight is 376 g/mol. The predicted molar refractivity (Wildman–Crippen MR) is 114 cm³/mol. The number of pyridine rings is 1. The van der Waals surface area contributed by atoms with E-state index >= 15 is 0 Å². The molecule has 1 saturated heterocycles. The summed E-state index contributed by atoms with van der Waals surface area (Å²) < 4.78 is 1.97. The molecule has 0 bridgehead atoms. The van der Waals surface area contributed by atoms with Crippen LogP contribution in [0.3, 0.4) is 0 Å². The second kappa shape index (κ2) is 7.76. The lowest BCUT2D eigenvalue weighted by Gasteiger charge is -2.36. The van der Waals surface area contributed by atoms with Crippen molar-refractivity contribution in [3.63, 3.8) is 0 Å². The molecule has 3 aromatic rings. The highest BCUT2D eigenvalue weighted by Gasteiger charge is 2.23. The lowest BCUT2D eigenvalue weighted by Crippen LogP contribution is -2.46. The third-order valence-corrected chi connectivity index (χ3v) is 5.71. The predicted octanol–water partition coefficient (Wildman–Crippen LogP) is 3.82. The van der Waals surface area contributed by atoms with Gasteiger partial charge < -0.3 is 4.90 Å². The second-order valence-corrected chi connectivity index (χ2v) is 7.81. The Labute approximate surface area is 167 Å². The van der Waals surface area contributed by atoms with Gasteiger partial charge in [0.1, 0.15) is 0 Å². The van der Waals surface area contributed by atoms with Crippen molar-refractivity contribution in [2.45, 2.75) is 34.2 Å². The van der Waals surface area contributed by atoms with E-state index < -0.39 is 0 Å². The Hall–Kier alpha value is -2.66. The van der Waals surface area contributed by atoms with Crippen LogP contribution in [0, 0.1) is 27.7 Å². The summed E-state index contributed by atoms with van der Waals surface area (Å²) in [6.07, 6.45) is 1.82. The first-order chi connectivity index (χ1) is 13.5. The average Bonchev–Trinajstić information content (AvgIpc) is 3.00. The smallest absolute Gasteiger partial charge is 0.153 e. The van der Waals surface area contributed by atoms with Crippen LogP contribution in [-0.4, -0.2) is 45.8 Å². The molecular formula is C23H29N5. The van der Waals surface area contributed by atoms with Gasteiger partial charge in [0, 0.05) is 38.9 Å². The molecule has 5 nitrogen and oxygen atoms in total. The molecule has 0 aliphatic carbocycles. The summed E-state index contributed by atoms with van der Waals surface area (Å²) >= 11 is 0. The van der Waals surface area contributed by atoms with Gasteiger partial charge >= 0.3 is 0 Å². The Bertz CT molecular complexity index is 953. The number of nitrogens with zero attached hydrogens (tertiary/aromatic N) is 5. The number of piperazine rings is 1. The lowest BCUT2D eigenvalue weighted by atomic mass is 10.0. The topological polar surface area (TPSA) is 37.2 Å². The van der Waals surface area contributed by atoms with Gasteiger partial charge in [0.25, 0.3) is 0 Å². The largest absolute Gasteiger partial charge is 0.366 e. The Morgan fingerprint density at radius 1 is 0.929 bits per heavy atom. The number of aromatic nitrogens is 3. The normalized spacial score (nSPS) is 15.2. The fourth-order valence-electron chi connectivity index (χ4n) is 4.14. The van der Waals surface area contributed by atoms with Crippen molar-refractivity contribution >= 4 is 5.69 Å². The van der Waals surface area contributed by atoms with E-state index in [1.807, 2.05) is 29.1 Å². The summed E-state index contributed by atoms with van der Waals surface area (Å²) in [5.41, 5.74) is 7.68. The summed E-state index contributed by atoms with van der Waals surface area (Å²) in [6.45, 7) is 13.9. The highest BCUT2D eigenvalue weighted by atomic mass is 15.4. The van der Waals surface area contributed by atoms with Crippen LogP contribution in [0.5, 0.6) is 0 Å². The van der Waals surface area contributed by atoms with Gasteiger partial charge in [0.05, 0.1) is 17.1 Å². The maximum absolute atomic E-state index is 4.76. The first-order valence-corrected chi connectivity index (χ1v) is 10.0. The molecule has 0 amide bonds. The molecule has 0 unspecified atom stereocenters. The minimum absolute atomic E-state index is 0.878. The zero-order chi connectivity index (χ0) is 19.7. The Morgan fingerprint density at radius 2 is 1.71 bits per heavy atom. The van der Waals surface area contributed by atoms with Crippen molar-refractivity contribution in [1.82, 2.24) is 19.7 Å². The van der Waals surface area contributed by atoms with Gasteiger partial charge in [0.2, 0.25) is 0 Å². The van der Waals surface area contributed by atoms with Gasteiger partial charge in [-0.15, -0.1) is 0 Å². The third-order valence-electron chi connectivity index (χ3n) is 5.71. The maximum Gasteiger partial charge on any atom is 0.153 e. The van der Waals surface area contributed by atoms with Crippen molar-refractivity contribution in [3.8, 4) is 5.82 Å². The molecule has 1 aliphatic heterocycles. The van der Waals surface area contributed by atoms with Gasteiger partial charge in [-0.05, 0) is 51.0 Å². The molecule has 28 heavy (non-hydrogen) atoms. The molecule has 5 heteroatoms. The van der Waals surface area contributed by atoms with Gasteiger partial charge in [-0.3, -0.25) is 4.90 Å². The molecule has 1 aliphatic rings. The fraction of sp³-hybridized carbons (Fsp3) is 0.391. The van der Waals surface area contributed by atoms with Crippen LogP contribution in [0.1, 0.15) is 28.1 Å². The number of hydrogen-bond acceptors (Lipinski definition) is 4. The number of anilines is 1. The molecule has 1 aromatic carbocycles. The summed E-state index contributed by atoms with van der Waals surface area (Å²) in [4.78, 5) is 9.50. The molecule has 146 valence electrons. The van der Waals surface area contributed by atoms with Gasteiger partial charge in [-0.2, -0.15) is 5.10 Å². The van der Waals surface area contributed by atoms with Crippen LogP contribution in [0.15, 0.2) is 42.6 Å². The highest BCUT2D eigenvalue weighted by Crippen LogP contribution is 2.27. The zero-order valence-electron chi connectivity index (χ0n) is 17.3. The highest BCUT2D eigenvalue weighted by molar-refractivity contribution is 5.56. The Balaban J connectivity index is 1.47. The Kier molecular flexibility index (Phi) is 5.18. The second-order valence-electron chi connectivity index (χ2n) is 7.81. The van der Waals surface area contributed by atoms with Crippen LogP contribution >= 0.6 is 0 Å².